The van der Waals surface area contributed by atoms with Crippen molar-refractivity contribution in [2.24, 2.45) is 11.8 Å². The van der Waals surface area contributed by atoms with Gasteiger partial charge in [-0.15, -0.1) is 0 Å². The third-order valence-electron chi connectivity index (χ3n) is 4.93. The zero-order chi connectivity index (χ0) is 14.1. The molecule has 3 rings (SSSR count). The molecule has 3 heteroatoms. The number of nitrogens with zero attached hydrogens (tertiary/aromatic N) is 1. The average molecular weight is 273 g/mol. The number of carbonyl (C=O) groups is 1. The summed E-state index contributed by atoms with van der Waals surface area (Å²) in [6.07, 6.45) is 3.19. The van der Waals surface area contributed by atoms with Crippen LogP contribution in [0.4, 0.5) is 0 Å². The monoisotopic (exact) mass is 273 g/mol. The molecule has 1 aliphatic heterocycles. The van der Waals surface area contributed by atoms with Gasteiger partial charge in [0, 0.05) is 24.9 Å². The van der Waals surface area contributed by atoms with Crippen LogP contribution in [0.1, 0.15) is 30.9 Å². The predicted molar refractivity (Wildman–Crippen MR) is 78.3 cm³/mol. The first kappa shape index (κ1) is 13.6. The van der Waals surface area contributed by atoms with Gasteiger partial charge in [0.15, 0.2) is 0 Å². The summed E-state index contributed by atoms with van der Waals surface area (Å²) in [4.78, 5) is 14.7. The lowest BCUT2D eigenvalue weighted by Gasteiger charge is -2.37. The topological polar surface area (TPSA) is 40.5 Å². The number of rotatable bonds is 2. The van der Waals surface area contributed by atoms with Gasteiger partial charge in [-0.25, -0.2) is 0 Å². The molecule has 2 aliphatic rings. The van der Waals surface area contributed by atoms with E-state index in [4.69, 9.17) is 0 Å². The van der Waals surface area contributed by atoms with Gasteiger partial charge in [-0.1, -0.05) is 31.2 Å². The molecule has 2 unspecified atom stereocenters. The molecule has 0 saturated carbocycles. The van der Waals surface area contributed by atoms with Crippen LogP contribution in [-0.4, -0.2) is 35.1 Å². The second kappa shape index (κ2) is 5.57. The minimum absolute atomic E-state index is 0.111. The lowest BCUT2D eigenvalue weighted by Crippen LogP contribution is -2.48. The van der Waals surface area contributed by atoms with E-state index in [0.29, 0.717) is 6.54 Å². The molecule has 1 aromatic rings. The van der Waals surface area contributed by atoms with Crippen molar-refractivity contribution in [3.63, 3.8) is 0 Å². The minimum atomic E-state index is -0.232. The van der Waals surface area contributed by atoms with Crippen molar-refractivity contribution in [2.75, 3.05) is 13.1 Å². The van der Waals surface area contributed by atoms with Crippen LogP contribution in [0.2, 0.25) is 0 Å². The standard InChI is InChI=1S/C17H23NO2/c1-2-12-11-18(8-7-16(12)19)17(20)15-9-13-5-3-4-6-14(13)10-15/h3-6,12,15-16,19H,2,7-11H2,1H3. The van der Waals surface area contributed by atoms with E-state index in [9.17, 15) is 9.90 Å². The highest BCUT2D eigenvalue weighted by molar-refractivity contribution is 5.80. The van der Waals surface area contributed by atoms with Crippen molar-refractivity contribution >= 4 is 5.91 Å². The molecular weight excluding hydrogens is 250 g/mol. The van der Waals surface area contributed by atoms with Crippen molar-refractivity contribution in [1.82, 2.24) is 4.90 Å². The number of carbonyl (C=O) groups excluding carboxylic acids is 1. The van der Waals surface area contributed by atoms with E-state index >= 15 is 0 Å². The van der Waals surface area contributed by atoms with Gasteiger partial charge in [-0.2, -0.15) is 0 Å². The fraction of sp³-hybridized carbons (Fsp3) is 0.588. The summed E-state index contributed by atoms with van der Waals surface area (Å²) in [6, 6.07) is 8.38. The SMILES string of the molecule is CCC1CN(C(=O)C2Cc3ccccc3C2)CCC1O. The summed E-state index contributed by atoms with van der Waals surface area (Å²) >= 11 is 0. The van der Waals surface area contributed by atoms with Gasteiger partial charge in [-0.05, 0) is 36.8 Å². The zero-order valence-corrected chi connectivity index (χ0v) is 12.1. The average Bonchev–Trinajstić information content (AvgIpc) is 2.91. The van der Waals surface area contributed by atoms with Gasteiger partial charge >= 0.3 is 0 Å². The van der Waals surface area contributed by atoms with Crippen LogP contribution in [0, 0.1) is 11.8 Å². The van der Waals surface area contributed by atoms with Crippen LogP contribution in [0.15, 0.2) is 24.3 Å². The van der Waals surface area contributed by atoms with E-state index in [0.717, 1.165) is 32.2 Å². The van der Waals surface area contributed by atoms with Gasteiger partial charge in [0.05, 0.1) is 6.10 Å². The van der Waals surface area contributed by atoms with Gasteiger partial charge < -0.3 is 10.0 Å². The first-order chi connectivity index (χ1) is 9.69. The van der Waals surface area contributed by atoms with Crippen molar-refractivity contribution in [3.05, 3.63) is 35.4 Å². The molecule has 0 spiro atoms. The predicted octanol–water partition coefficient (Wildman–Crippen LogP) is 2.02. The molecule has 0 radical (unpaired) electrons. The minimum Gasteiger partial charge on any atom is -0.393 e. The Kier molecular flexibility index (Phi) is 3.79. The summed E-state index contributed by atoms with van der Waals surface area (Å²) < 4.78 is 0. The summed E-state index contributed by atoms with van der Waals surface area (Å²) in [7, 11) is 0. The Bertz CT molecular complexity index is 475. The lowest BCUT2D eigenvalue weighted by atomic mass is 9.91. The van der Waals surface area contributed by atoms with E-state index in [1.54, 1.807) is 0 Å². The first-order valence-electron chi connectivity index (χ1n) is 7.72. The van der Waals surface area contributed by atoms with E-state index in [1.165, 1.54) is 11.1 Å². The molecule has 2 atom stereocenters. The Labute approximate surface area is 120 Å². The molecule has 20 heavy (non-hydrogen) atoms. The largest absolute Gasteiger partial charge is 0.393 e. The number of likely N-dealkylation sites (tertiary alicyclic amines) is 1. The molecule has 108 valence electrons. The maximum Gasteiger partial charge on any atom is 0.226 e. The van der Waals surface area contributed by atoms with Gasteiger partial charge in [0.2, 0.25) is 5.91 Å². The number of piperidine rings is 1. The highest BCUT2D eigenvalue weighted by atomic mass is 16.3. The molecule has 1 fully saturated rings. The number of hydrogen-bond acceptors (Lipinski definition) is 2. The summed E-state index contributed by atoms with van der Waals surface area (Å²) in [5.74, 6) is 0.642. The molecular formula is C17H23NO2. The molecule has 3 nitrogen and oxygen atoms in total. The lowest BCUT2D eigenvalue weighted by molar-refractivity contribution is -0.139. The van der Waals surface area contributed by atoms with Crippen LogP contribution in [0.3, 0.4) is 0 Å². The van der Waals surface area contributed by atoms with Crippen LogP contribution in [0.5, 0.6) is 0 Å². The maximum absolute atomic E-state index is 12.7. The van der Waals surface area contributed by atoms with Gasteiger partial charge in [-0.3, -0.25) is 4.79 Å². The summed E-state index contributed by atoms with van der Waals surface area (Å²) in [5.41, 5.74) is 2.66. The first-order valence-corrected chi connectivity index (χ1v) is 7.72. The quantitative estimate of drug-likeness (QED) is 0.895. The number of fused-ring (bicyclic) bond motifs is 1. The Morgan fingerprint density at radius 1 is 1.30 bits per heavy atom. The molecule has 1 saturated heterocycles. The zero-order valence-electron chi connectivity index (χ0n) is 12.1. The Hall–Kier alpha value is -1.35. The number of aliphatic hydroxyl groups excluding tert-OH is 1. The summed E-state index contributed by atoms with van der Waals surface area (Å²) in [6.45, 7) is 3.53. The van der Waals surface area contributed by atoms with Crippen molar-refractivity contribution in [3.8, 4) is 0 Å². The molecule has 0 bridgehead atoms. The summed E-state index contributed by atoms with van der Waals surface area (Å²) in [5, 5.41) is 9.94. The third kappa shape index (κ3) is 2.47. The second-order valence-corrected chi connectivity index (χ2v) is 6.18. The van der Waals surface area contributed by atoms with Gasteiger partial charge in [0.1, 0.15) is 0 Å². The fourth-order valence-electron chi connectivity index (χ4n) is 3.61. The van der Waals surface area contributed by atoms with Crippen molar-refractivity contribution in [2.45, 2.75) is 38.7 Å². The second-order valence-electron chi connectivity index (χ2n) is 6.18. The third-order valence-corrected chi connectivity index (χ3v) is 4.93. The Morgan fingerprint density at radius 2 is 1.95 bits per heavy atom. The number of hydrogen-bond donors (Lipinski definition) is 1. The van der Waals surface area contributed by atoms with E-state index in [2.05, 4.69) is 31.2 Å². The van der Waals surface area contributed by atoms with Crippen molar-refractivity contribution in [1.29, 1.82) is 0 Å². The molecule has 1 aromatic carbocycles. The molecule has 1 amide bonds. The van der Waals surface area contributed by atoms with Crippen LogP contribution in [0.25, 0.3) is 0 Å². The molecule has 1 heterocycles. The molecule has 1 N–H and O–H groups in total. The maximum atomic E-state index is 12.7. The molecule has 0 aromatic heterocycles. The van der Waals surface area contributed by atoms with E-state index in [1.807, 2.05) is 4.90 Å². The Balaban J connectivity index is 1.66. The van der Waals surface area contributed by atoms with E-state index < -0.39 is 0 Å². The van der Waals surface area contributed by atoms with Crippen LogP contribution in [-0.2, 0) is 17.6 Å². The normalized spacial score (nSPS) is 26.6. The Morgan fingerprint density at radius 3 is 2.55 bits per heavy atom. The number of benzene rings is 1. The number of aliphatic hydroxyl groups is 1. The molecule has 1 aliphatic carbocycles. The highest BCUT2D eigenvalue weighted by Crippen LogP contribution is 2.29. The highest BCUT2D eigenvalue weighted by Gasteiger charge is 2.34. The smallest absolute Gasteiger partial charge is 0.226 e. The van der Waals surface area contributed by atoms with Crippen LogP contribution >= 0.6 is 0 Å². The number of amides is 1. The van der Waals surface area contributed by atoms with Crippen molar-refractivity contribution < 1.29 is 9.90 Å². The van der Waals surface area contributed by atoms with E-state index in [-0.39, 0.29) is 23.8 Å². The van der Waals surface area contributed by atoms with Gasteiger partial charge in [0.25, 0.3) is 0 Å². The van der Waals surface area contributed by atoms with Crippen LogP contribution < -0.4 is 0 Å². The fourth-order valence-corrected chi connectivity index (χ4v) is 3.61.